The summed E-state index contributed by atoms with van der Waals surface area (Å²) in [6.45, 7) is 5.61. The lowest BCUT2D eigenvalue weighted by Crippen LogP contribution is -2.30. The van der Waals surface area contributed by atoms with E-state index < -0.39 is 0 Å². The third kappa shape index (κ3) is 3.43. The van der Waals surface area contributed by atoms with Crippen LogP contribution in [0.2, 0.25) is 0 Å². The van der Waals surface area contributed by atoms with Crippen molar-refractivity contribution in [3.8, 4) is 0 Å². The number of non-ortho nitro benzene ring substituents is 1. The number of nitrogens with zero attached hydrogens (tertiary/aromatic N) is 4. The number of rotatable bonds is 3. The smallest absolute Gasteiger partial charge is 0.295 e. The first-order valence-electron chi connectivity index (χ1n) is 9.23. The molecule has 0 atom stereocenters. The van der Waals surface area contributed by atoms with Gasteiger partial charge >= 0.3 is 0 Å². The van der Waals surface area contributed by atoms with Crippen LogP contribution < -0.4 is 9.80 Å². The first-order chi connectivity index (χ1) is 13.1. The molecule has 2 heterocycles. The molecule has 0 aliphatic carbocycles. The molecule has 0 amide bonds. The van der Waals surface area contributed by atoms with E-state index in [1.54, 1.807) is 6.07 Å². The number of nitro groups is 1. The Balaban J connectivity index is 1.68. The maximum atomic E-state index is 11.4. The predicted molar refractivity (Wildman–Crippen MR) is 109 cm³/mol. The summed E-state index contributed by atoms with van der Waals surface area (Å²) in [5, 5.41) is 12.3. The van der Waals surface area contributed by atoms with E-state index in [1.165, 1.54) is 11.8 Å². The van der Waals surface area contributed by atoms with Crippen molar-refractivity contribution in [2.75, 3.05) is 36.0 Å². The molecular weight excluding hydrogens is 340 g/mol. The van der Waals surface area contributed by atoms with Crippen molar-refractivity contribution in [1.29, 1.82) is 0 Å². The van der Waals surface area contributed by atoms with E-state index in [2.05, 4.69) is 39.0 Å². The predicted octanol–water partition coefficient (Wildman–Crippen LogP) is 4.17. The summed E-state index contributed by atoms with van der Waals surface area (Å²) in [4.78, 5) is 20.3. The molecule has 0 spiro atoms. The Bertz CT molecular complexity index is 975. The first kappa shape index (κ1) is 17.3. The van der Waals surface area contributed by atoms with Gasteiger partial charge in [0.1, 0.15) is 0 Å². The van der Waals surface area contributed by atoms with Crippen LogP contribution in [0.25, 0.3) is 10.9 Å². The minimum atomic E-state index is -0.349. The molecule has 1 aliphatic rings. The van der Waals surface area contributed by atoms with Crippen molar-refractivity contribution in [2.24, 2.45) is 0 Å². The van der Waals surface area contributed by atoms with Crippen molar-refractivity contribution in [3.05, 3.63) is 70.4 Å². The summed E-state index contributed by atoms with van der Waals surface area (Å²) in [5.74, 6) is 0. The molecule has 138 valence electrons. The van der Waals surface area contributed by atoms with E-state index in [9.17, 15) is 10.1 Å². The lowest BCUT2D eigenvalue weighted by Gasteiger charge is -2.26. The van der Waals surface area contributed by atoms with Crippen LogP contribution in [0.5, 0.6) is 0 Å². The largest absolute Gasteiger partial charge is 0.370 e. The Morgan fingerprint density at radius 2 is 1.70 bits per heavy atom. The molecule has 0 bridgehead atoms. The molecule has 0 unspecified atom stereocenters. The summed E-state index contributed by atoms with van der Waals surface area (Å²) < 4.78 is 0. The molecular formula is C21H22N4O2. The van der Waals surface area contributed by atoms with Gasteiger partial charge < -0.3 is 9.80 Å². The van der Waals surface area contributed by atoms with Crippen LogP contribution in [0, 0.1) is 17.0 Å². The number of nitro benzene ring substituents is 1. The number of anilines is 2. The fourth-order valence-electron chi connectivity index (χ4n) is 3.80. The van der Waals surface area contributed by atoms with E-state index in [4.69, 9.17) is 0 Å². The van der Waals surface area contributed by atoms with Gasteiger partial charge in [-0.3, -0.25) is 10.1 Å². The number of pyridine rings is 1. The molecule has 1 saturated heterocycles. The minimum absolute atomic E-state index is 0.0678. The van der Waals surface area contributed by atoms with Crippen LogP contribution >= 0.6 is 0 Å². The number of aryl methyl sites for hydroxylation is 1. The summed E-state index contributed by atoms with van der Waals surface area (Å²) in [6.07, 6.45) is 1.03. The van der Waals surface area contributed by atoms with Gasteiger partial charge in [0.15, 0.2) is 5.52 Å². The summed E-state index contributed by atoms with van der Waals surface area (Å²) in [5.41, 5.74) is 3.62. The van der Waals surface area contributed by atoms with Gasteiger partial charge in [-0.1, -0.05) is 30.3 Å². The van der Waals surface area contributed by atoms with Gasteiger partial charge in [-0.2, -0.15) is 0 Å². The molecule has 0 saturated carbocycles. The molecule has 6 nitrogen and oxygen atoms in total. The minimum Gasteiger partial charge on any atom is -0.370 e. The molecule has 4 rings (SSSR count). The van der Waals surface area contributed by atoms with E-state index in [-0.39, 0.29) is 10.6 Å². The second-order valence-electron chi connectivity index (χ2n) is 6.88. The lowest BCUT2D eigenvalue weighted by molar-refractivity contribution is -0.383. The fraction of sp³-hybridized carbons (Fsp3) is 0.286. The quantitative estimate of drug-likeness (QED) is 0.517. The Kier molecular flexibility index (Phi) is 4.62. The highest BCUT2D eigenvalue weighted by Crippen LogP contribution is 2.32. The maximum absolute atomic E-state index is 11.4. The van der Waals surface area contributed by atoms with E-state index in [1.807, 2.05) is 25.1 Å². The topological polar surface area (TPSA) is 62.5 Å². The van der Waals surface area contributed by atoms with Crippen LogP contribution in [0.3, 0.4) is 0 Å². The molecule has 1 fully saturated rings. The van der Waals surface area contributed by atoms with Crippen LogP contribution in [0.4, 0.5) is 17.1 Å². The van der Waals surface area contributed by atoms with Gasteiger partial charge in [-0.05, 0) is 31.5 Å². The fourth-order valence-corrected chi connectivity index (χ4v) is 3.80. The molecule has 0 radical (unpaired) electrons. The van der Waals surface area contributed by atoms with Crippen molar-refractivity contribution in [1.82, 2.24) is 4.98 Å². The number of benzene rings is 2. The van der Waals surface area contributed by atoms with Crippen molar-refractivity contribution >= 4 is 28.0 Å². The van der Waals surface area contributed by atoms with Gasteiger partial charge in [0.25, 0.3) is 5.69 Å². The van der Waals surface area contributed by atoms with E-state index in [0.29, 0.717) is 5.52 Å². The molecule has 3 aromatic rings. The molecule has 27 heavy (non-hydrogen) atoms. The average Bonchev–Trinajstić information content (AvgIpc) is 2.93. The zero-order chi connectivity index (χ0) is 18.8. The Labute approximate surface area is 158 Å². The summed E-state index contributed by atoms with van der Waals surface area (Å²) in [6, 6.07) is 17.7. The molecule has 2 aromatic carbocycles. The Morgan fingerprint density at radius 1 is 0.963 bits per heavy atom. The second kappa shape index (κ2) is 7.23. The molecule has 0 N–H and O–H groups in total. The van der Waals surface area contributed by atoms with E-state index in [0.717, 1.165) is 49.4 Å². The average molecular weight is 362 g/mol. The lowest BCUT2D eigenvalue weighted by atomic mass is 10.1. The molecule has 1 aromatic heterocycles. The normalized spacial score (nSPS) is 15.0. The number of para-hydroxylation sites is 2. The summed E-state index contributed by atoms with van der Waals surface area (Å²) >= 11 is 0. The zero-order valence-corrected chi connectivity index (χ0v) is 15.3. The number of hydrogen-bond donors (Lipinski definition) is 0. The van der Waals surface area contributed by atoms with Gasteiger partial charge in [-0.25, -0.2) is 4.98 Å². The van der Waals surface area contributed by atoms with Gasteiger partial charge in [0.2, 0.25) is 0 Å². The summed E-state index contributed by atoms with van der Waals surface area (Å²) in [7, 11) is 0. The maximum Gasteiger partial charge on any atom is 0.295 e. The number of aromatic nitrogens is 1. The standard InChI is InChI=1S/C21H22N4O2/c1-16-15-20(18-9-5-10-19(25(26)27)21(18)22-16)24-12-6-11-23(13-14-24)17-7-3-2-4-8-17/h2-5,7-10,15H,6,11-14H2,1H3. The van der Waals surface area contributed by atoms with Gasteiger partial charge in [0, 0.05) is 54.7 Å². The number of fused-ring (bicyclic) bond motifs is 1. The van der Waals surface area contributed by atoms with Gasteiger partial charge in [0.05, 0.1) is 4.92 Å². The van der Waals surface area contributed by atoms with Gasteiger partial charge in [-0.15, -0.1) is 0 Å². The third-order valence-electron chi connectivity index (χ3n) is 5.08. The highest BCUT2D eigenvalue weighted by Gasteiger charge is 2.21. The molecule has 1 aliphatic heterocycles. The van der Waals surface area contributed by atoms with Crippen LogP contribution in [0.15, 0.2) is 54.6 Å². The first-order valence-corrected chi connectivity index (χ1v) is 9.23. The van der Waals surface area contributed by atoms with Crippen LogP contribution in [-0.4, -0.2) is 36.1 Å². The second-order valence-corrected chi connectivity index (χ2v) is 6.88. The van der Waals surface area contributed by atoms with Crippen molar-refractivity contribution in [3.63, 3.8) is 0 Å². The highest BCUT2D eigenvalue weighted by molar-refractivity contribution is 5.97. The van der Waals surface area contributed by atoms with Crippen LogP contribution in [0.1, 0.15) is 12.1 Å². The number of hydrogen-bond acceptors (Lipinski definition) is 5. The Hall–Kier alpha value is -3.15. The Morgan fingerprint density at radius 3 is 2.48 bits per heavy atom. The van der Waals surface area contributed by atoms with Crippen LogP contribution in [-0.2, 0) is 0 Å². The third-order valence-corrected chi connectivity index (χ3v) is 5.08. The monoisotopic (exact) mass is 362 g/mol. The zero-order valence-electron chi connectivity index (χ0n) is 15.3. The van der Waals surface area contributed by atoms with E-state index >= 15 is 0 Å². The highest BCUT2D eigenvalue weighted by atomic mass is 16.6. The molecule has 6 heteroatoms. The van der Waals surface area contributed by atoms with Crippen molar-refractivity contribution < 1.29 is 4.92 Å². The SMILES string of the molecule is Cc1cc(N2CCCN(c3ccccc3)CC2)c2cccc([N+](=O)[O-])c2n1. The van der Waals surface area contributed by atoms with Crippen molar-refractivity contribution in [2.45, 2.75) is 13.3 Å².